The highest BCUT2D eigenvalue weighted by Gasteiger charge is 2.07. The fourth-order valence-corrected chi connectivity index (χ4v) is 2.94. The predicted molar refractivity (Wildman–Crippen MR) is 79.3 cm³/mol. The molecule has 19 heavy (non-hydrogen) atoms. The van der Waals surface area contributed by atoms with Gasteiger partial charge in [0, 0.05) is 11.9 Å². The molecular weight excluding hydrogens is 278 g/mol. The van der Waals surface area contributed by atoms with Crippen molar-refractivity contribution in [2.75, 3.05) is 0 Å². The van der Waals surface area contributed by atoms with Gasteiger partial charge in [0.2, 0.25) is 0 Å². The molecule has 1 N–H and O–H groups in total. The molecule has 0 amide bonds. The molecule has 3 aromatic heterocycles. The van der Waals surface area contributed by atoms with Crippen LogP contribution in [0.3, 0.4) is 0 Å². The molecule has 0 saturated heterocycles. The molecule has 0 aliphatic heterocycles. The normalized spacial score (nSPS) is 11.0. The zero-order valence-corrected chi connectivity index (χ0v) is 11.8. The Morgan fingerprint density at radius 2 is 2.26 bits per heavy atom. The molecule has 0 atom stereocenters. The Bertz CT molecular complexity index is 843. The van der Waals surface area contributed by atoms with E-state index in [1.54, 1.807) is 10.8 Å². The SMILES string of the molecule is Cc1ccc(Cn2c(=S)[nH]c3ccsc3c2=O)cn1. The molecule has 0 aliphatic rings. The van der Waals surface area contributed by atoms with E-state index >= 15 is 0 Å². The maximum Gasteiger partial charge on any atom is 0.272 e. The molecule has 0 radical (unpaired) electrons. The largest absolute Gasteiger partial charge is 0.331 e. The van der Waals surface area contributed by atoms with Crippen LogP contribution in [0.15, 0.2) is 34.6 Å². The van der Waals surface area contributed by atoms with Crippen molar-refractivity contribution in [3.05, 3.63) is 56.2 Å². The van der Waals surface area contributed by atoms with Gasteiger partial charge in [-0.3, -0.25) is 14.3 Å². The second-order valence-corrected chi connectivity index (χ2v) is 5.60. The third-order valence-corrected chi connectivity index (χ3v) is 4.13. The Balaban J connectivity index is 2.12. The van der Waals surface area contributed by atoms with E-state index in [0.717, 1.165) is 16.8 Å². The van der Waals surface area contributed by atoms with Crippen molar-refractivity contribution in [2.45, 2.75) is 13.5 Å². The van der Waals surface area contributed by atoms with Crippen LogP contribution in [-0.4, -0.2) is 14.5 Å². The number of thiophene rings is 1. The lowest BCUT2D eigenvalue weighted by Crippen LogP contribution is -2.21. The standard InChI is InChI=1S/C13H11N3OS2/c1-8-2-3-9(6-14-8)7-16-12(17)11-10(4-5-19-11)15-13(16)18/h2-6H,7H2,1H3,(H,15,18). The van der Waals surface area contributed by atoms with Crippen LogP contribution in [0.1, 0.15) is 11.3 Å². The molecule has 0 aromatic carbocycles. The van der Waals surface area contributed by atoms with E-state index in [9.17, 15) is 4.79 Å². The van der Waals surface area contributed by atoms with Gasteiger partial charge in [0.05, 0.1) is 12.1 Å². The molecule has 3 rings (SSSR count). The minimum absolute atomic E-state index is 0.0469. The van der Waals surface area contributed by atoms with Crippen LogP contribution in [0.4, 0.5) is 0 Å². The zero-order valence-electron chi connectivity index (χ0n) is 10.2. The first-order chi connectivity index (χ1) is 9.15. The Morgan fingerprint density at radius 1 is 1.42 bits per heavy atom. The predicted octanol–water partition coefficient (Wildman–Crippen LogP) is 2.87. The van der Waals surface area contributed by atoms with Crippen molar-refractivity contribution in [1.82, 2.24) is 14.5 Å². The summed E-state index contributed by atoms with van der Waals surface area (Å²) in [4.78, 5) is 19.7. The number of fused-ring (bicyclic) bond motifs is 1. The van der Waals surface area contributed by atoms with E-state index in [0.29, 0.717) is 16.0 Å². The third-order valence-electron chi connectivity index (χ3n) is 2.90. The number of pyridine rings is 1. The van der Waals surface area contributed by atoms with Crippen LogP contribution in [0.2, 0.25) is 0 Å². The highest BCUT2D eigenvalue weighted by Crippen LogP contribution is 2.14. The van der Waals surface area contributed by atoms with Gasteiger partial charge < -0.3 is 4.98 Å². The monoisotopic (exact) mass is 289 g/mol. The van der Waals surface area contributed by atoms with E-state index < -0.39 is 0 Å². The summed E-state index contributed by atoms with van der Waals surface area (Å²) in [6, 6.07) is 5.76. The smallest absolute Gasteiger partial charge is 0.272 e. The molecule has 0 spiro atoms. The number of nitrogens with zero attached hydrogens (tertiary/aromatic N) is 2. The molecule has 3 heterocycles. The number of aryl methyl sites for hydroxylation is 1. The average molecular weight is 289 g/mol. The summed E-state index contributed by atoms with van der Waals surface area (Å²) in [6.45, 7) is 2.37. The summed E-state index contributed by atoms with van der Waals surface area (Å²) < 4.78 is 2.71. The highest BCUT2D eigenvalue weighted by molar-refractivity contribution is 7.71. The maximum atomic E-state index is 12.3. The van der Waals surface area contributed by atoms with E-state index in [1.165, 1.54) is 11.3 Å². The molecule has 6 heteroatoms. The third kappa shape index (κ3) is 2.24. The minimum atomic E-state index is -0.0469. The van der Waals surface area contributed by atoms with Crippen molar-refractivity contribution in [2.24, 2.45) is 0 Å². The fourth-order valence-electron chi connectivity index (χ4n) is 1.89. The van der Waals surface area contributed by atoms with Gasteiger partial charge in [-0.2, -0.15) is 0 Å². The van der Waals surface area contributed by atoms with Crippen molar-refractivity contribution in [3.63, 3.8) is 0 Å². The highest BCUT2D eigenvalue weighted by atomic mass is 32.1. The van der Waals surface area contributed by atoms with Crippen molar-refractivity contribution >= 4 is 33.8 Å². The molecule has 0 unspecified atom stereocenters. The Morgan fingerprint density at radius 3 is 3.00 bits per heavy atom. The van der Waals surface area contributed by atoms with Crippen LogP contribution >= 0.6 is 23.6 Å². The lowest BCUT2D eigenvalue weighted by atomic mass is 10.2. The number of hydrogen-bond donors (Lipinski definition) is 1. The van der Waals surface area contributed by atoms with Gasteiger partial charge in [-0.1, -0.05) is 6.07 Å². The summed E-state index contributed by atoms with van der Waals surface area (Å²) in [5.74, 6) is 0. The number of aromatic nitrogens is 3. The summed E-state index contributed by atoms with van der Waals surface area (Å²) in [5, 5.41) is 1.88. The molecule has 3 aromatic rings. The van der Waals surface area contributed by atoms with Crippen molar-refractivity contribution in [3.8, 4) is 0 Å². The number of H-pyrrole nitrogens is 1. The van der Waals surface area contributed by atoms with E-state index in [4.69, 9.17) is 12.2 Å². The second-order valence-electron chi connectivity index (χ2n) is 4.29. The van der Waals surface area contributed by atoms with Gasteiger partial charge in [0.25, 0.3) is 5.56 Å². The van der Waals surface area contributed by atoms with Gasteiger partial charge in [0.1, 0.15) is 4.70 Å². The van der Waals surface area contributed by atoms with Crippen LogP contribution in [0.25, 0.3) is 10.2 Å². The van der Waals surface area contributed by atoms with Crippen molar-refractivity contribution in [1.29, 1.82) is 0 Å². The molecule has 0 bridgehead atoms. The molecular formula is C13H11N3OS2. The van der Waals surface area contributed by atoms with Crippen molar-refractivity contribution < 1.29 is 0 Å². The van der Waals surface area contributed by atoms with E-state index in [-0.39, 0.29) is 5.56 Å². The molecule has 0 fully saturated rings. The fraction of sp³-hybridized carbons (Fsp3) is 0.154. The van der Waals surface area contributed by atoms with E-state index in [2.05, 4.69) is 9.97 Å². The molecule has 0 aliphatic carbocycles. The van der Waals surface area contributed by atoms with Gasteiger partial charge in [-0.25, -0.2) is 0 Å². The zero-order chi connectivity index (χ0) is 13.4. The van der Waals surface area contributed by atoms with Gasteiger partial charge in [0.15, 0.2) is 4.77 Å². The Kier molecular flexibility index (Phi) is 3.04. The van der Waals surface area contributed by atoms with Crippen LogP contribution in [-0.2, 0) is 6.54 Å². The van der Waals surface area contributed by atoms with Crippen LogP contribution in [0, 0.1) is 11.7 Å². The topological polar surface area (TPSA) is 50.7 Å². The summed E-state index contributed by atoms with van der Waals surface area (Å²) in [5.41, 5.74) is 2.67. The van der Waals surface area contributed by atoms with Crippen LogP contribution < -0.4 is 5.56 Å². The maximum absolute atomic E-state index is 12.3. The van der Waals surface area contributed by atoms with Gasteiger partial charge in [-0.05, 0) is 42.2 Å². The summed E-state index contributed by atoms with van der Waals surface area (Å²) in [6.07, 6.45) is 1.77. The quantitative estimate of drug-likeness (QED) is 0.738. The first-order valence-corrected chi connectivity index (χ1v) is 7.06. The Hall–Kier alpha value is -1.79. The number of nitrogens with one attached hydrogen (secondary N) is 1. The minimum Gasteiger partial charge on any atom is -0.331 e. The van der Waals surface area contributed by atoms with Gasteiger partial charge >= 0.3 is 0 Å². The van der Waals surface area contributed by atoms with Crippen LogP contribution in [0.5, 0.6) is 0 Å². The van der Waals surface area contributed by atoms with E-state index in [1.807, 2.05) is 30.5 Å². The molecule has 96 valence electrons. The summed E-state index contributed by atoms with van der Waals surface area (Å²) >= 11 is 6.67. The first kappa shape index (κ1) is 12.3. The molecule has 0 saturated carbocycles. The first-order valence-electron chi connectivity index (χ1n) is 5.77. The number of rotatable bonds is 2. The molecule has 4 nitrogen and oxygen atoms in total. The van der Waals surface area contributed by atoms with Gasteiger partial charge in [-0.15, -0.1) is 11.3 Å². The number of hydrogen-bond acceptors (Lipinski definition) is 4. The summed E-state index contributed by atoms with van der Waals surface area (Å²) in [7, 11) is 0. The second kappa shape index (κ2) is 4.71. The Labute approximate surface area is 118 Å². The lowest BCUT2D eigenvalue weighted by Gasteiger charge is -2.06. The lowest BCUT2D eigenvalue weighted by molar-refractivity contribution is 0.732. The average Bonchev–Trinajstić information content (AvgIpc) is 2.85. The number of aromatic amines is 1.